The molecule has 9 atom stereocenters. The van der Waals surface area contributed by atoms with Crippen LogP contribution in [0.5, 0.6) is 5.75 Å². The first kappa shape index (κ1) is 82.0. The van der Waals surface area contributed by atoms with Gasteiger partial charge in [0.1, 0.15) is 45.6 Å². The smallest absolute Gasteiger partial charge is 0.141 e. The standard InChI is InChI=1S/2C25H32N6.C23H29ClN6.C23H30N6O/c1-17-6-4-12-26-23(17)19-8-2-10-21(27-19)25-28-20-9-3-11-22(24(20)29-25)31-15-14-30-13-5-7-18(30)16-31;1-17-5-4-12-26-23(17)19-6-2-8-21(27-19)25-28-20-7-3-9-22(24(20)29-25)31-15-13-30(14-16-31)18-10-11-18;1-28-12-14-30(15-13-28)20-10-4-8-18-22(20)29(2)23(27-18)19-9-3-7-17(26-19)21-16(24)6-5-11-25-21;1-28-12-14-29(15-13-28)19-9-4-7-16-21(19)27-23(26-16)18-8-3-6-17(25-18)22-20(30-2)10-5-11-24-22/h3-4,6,9,11-12,18-19,21,27H,2,5,7-8,10,13-16H2,1H3,(H,28,29);3-5,7,9,12,18-19,21,27H,2,6,8,10-11,13-16H2,1H3,(H,28,29);4-6,8,10-11,17,19,26H,3,7,9,12-15H2,1-2H3;4-5,7,9-11,17-18,25H,3,6,8,12-15H2,1-2H3,(H,26,27)/t18?,19-,21+;19-,21+;17-,19+;17-,18+/m0000/s1. The lowest BCUT2D eigenvalue weighted by Gasteiger charge is -2.38. The summed E-state index contributed by atoms with van der Waals surface area (Å²) in [5.74, 6) is 5.10. The first-order chi connectivity index (χ1) is 59.9. The van der Waals surface area contributed by atoms with E-state index in [1.807, 2.05) is 61.2 Å². The van der Waals surface area contributed by atoms with Crippen LogP contribution in [0.2, 0.25) is 5.02 Å². The van der Waals surface area contributed by atoms with Gasteiger partial charge < -0.3 is 53.7 Å². The van der Waals surface area contributed by atoms with E-state index in [4.69, 9.17) is 36.3 Å². The van der Waals surface area contributed by atoms with E-state index in [-0.39, 0.29) is 36.3 Å². The van der Waals surface area contributed by atoms with Crippen molar-refractivity contribution in [3.05, 3.63) is 208 Å². The molecule has 26 heteroatoms. The number of likely N-dealkylation sites (N-methyl/N-ethyl adjacent to an activating group) is 2. The number of H-pyrrole nitrogens is 3. The maximum Gasteiger partial charge on any atom is 0.141 e. The van der Waals surface area contributed by atoms with Crippen LogP contribution >= 0.6 is 11.6 Å². The molecule has 9 saturated heterocycles. The number of aryl methyl sites for hydroxylation is 3. The number of aromatic amines is 3. The van der Waals surface area contributed by atoms with E-state index in [9.17, 15) is 0 Å². The summed E-state index contributed by atoms with van der Waals surface area (Å²) < 4.78 is 7.84. The predicted octanol–water partition coefficient (Wildman–Crippen LogP) is 15.4. The number of anilines is 4. The fourth-order valence-corrected chi connectivity index (χ4v) is 21.2. The molecule has 8 aromatic heterocycles. The molecule has 17 heterocycles. The van der Waals surface area contributed by atoms with Gasteiger partial charge >= 0.3 is 0 Å². The van der Waals surface area contributed by atoms with Crippen LogP contribution in [0.1, 0.15) is 208 Å². The number of hydrogen-bond donors (Lipinski definition) is 7. The summed E-state index contributed by atoms with van der Waals surface area (Å²) >= 11 is 6.43. The molecule has 4 aromatic carbocycles. The Labute approximate surface area is 723 Å². The minimum atomic E-state index is 0.161. The second-order valence-electron chi connectivity index (χ2n) is 35.9. The second kappa shape index (κ2) is 37.0. The van der Waals surface area contributed by atoms with Crippen LogP contribution in [0.3, 0.4) is 0 Å². The average Bonchev–Trinajstić information content (AvgIpc) is 1.62. The van der Waals surface area contributed by atoms with Crippen LogP contribution in [0.25, 0.3) is 44.1 Å². The number of ether oxygens (including phenoxy) is 1. The van der Waals surface area contributed by atoms with Crippen molar-refractivity contribution in [2.45, 2.75) is 177 Å². The number of aromatic nitrogens is 12. The van der Waals surface area contributed by atoms with E-state index in [1.165, 1.54) is 115 Å². The molecule has 10 fully saturated rings. The highest BCUT2D eigenvalue weighted by Gasteiger charge is 2.38. The maximum atomic E-state index is 6.43. The van der Waals surface area contributed by atoms with Crippen LogP contribution in [-0.2, 0) is 7.05 Å². The van der Waals surface area contributed by atoms with E-state index in [0.29, 0.717) is 18.1 Å². The van der Waals surface area contributed by atoms with Gasteiger partial charge in [-0.1, -0.05) is 48.0 Å². The third kappa shape index (κ3) is 17.8. The zero-order chi connectivity index (χ0) is 82.7. The lowest BCUT2D eigenvalue weighted by Crippen LogP contribution is -2.50. The van der Waals surface area contributed by atoms with Crippen LogP contribution in [0.15, 0.2) is 146 Å². The molecule has 9 aliphatic heterocycles. The third-order valence-electron chi connectivity index (χ3n) is 27.9. The molecule has 1 unspecified atom stereocenters. The van der Waals surface area contributed by atoms with Gasteiger partial charge in [0.05, 0.1) is 134 Å². The molecule has 25 nitrogen and oxygen atoms in total. The number of nitrogens with one attached hydrogen (secondary N) is 7. The minimum Gasteiger partial charge on any atom is -0.495 e. The van der Waals surface area contributed by atoms with Crippen LogP contribution < -0.4 is 45.6 Å². The highest BCUT2D eigenvalue weighted by atomic mass is 35.5. The molecule has 122 heavy (non-hydrogen) atoms. The molecule has 1 aliphatic carbocycles. The Morgan fingerprint density at radius 1 is 0.352 bits per heavy atom. The van der Waals surface area contributed by atoms with Crippen molar-refractivity contribution in [2.75, 3.05) is 146 Å². The molecule has 22 rings (SSSR count). The number of fused-ring (bicyclic) bond motifs is 5. The summed E-state index contributed by atoms with van der Waals surface area (Å²) in [6.45, 7) is 22.1. The molecule has 0 amide bonds. The number of imidazole rings is 4. The Bertz CT molecular complexity index is 5540. The van der Waals surface area contributed by atoms with Crippen LogP contribution in [0.4, 0.5) is 22.7 Å². The van der Waals surface area contributed by atoms with Gasteiger partial charge in [0.2, 0.25) is 0 Å². The topological polar surface area (TPSA) is 239 Å². The highest BCUT2D eigenvalue weighted by Crippen LogP contribution is 2.43. The zero-order valence-corrected chi connectivity index (χ0v) is 72.9. The number of piperidine rings is 4. The Morgan fingerprint density at radius 2 is 0.754 bits per heavy atom. The average molecular weight is 1660 g/mol. The van der Waals surface area contributed by atoms with Gasteiger partial charge in [0, 0.05) is 142 Å². The maximum absolute atomic E-state index is 6.43. The van der Waals surface area contributed by atoms with Crippen LogP contribution in [-0.4, -0.2) is 217 Å². The van der Waals surface area contributed by atoms with E-state index >= 15 is 0 Å². The molecule has 640 valence electrons. The van der Waals surface area contributed by atoms with Crippen molar-refractivity contribution < 1.29 is 4.74 Å². The summed E-state index contributed by atoms with van der Waals surface area (Å²) in [6.07, 6.45) is 26.3. The van der Waals surface area contributed by atoms with E-state index in [0.717, 1.165) is 233 Å². The van der Waals surface area contributed by atoms with Gasteiger partial charge in [-0.25, -0.2) is 19.9 Å². The number of halogens is 1. The number of rotatable bonds is 14. The molecule has 0 spiro atoms. The van der Waals surface area contributed by atoms with Gasteiger partial charge in [0.25, 0.3) is 0 Å². The number of nitrogens with zero attached hydrogens (tertiary/aromatic N) is 17. The highest BCUT2D eigenvalue weighted by molar-refractivity contribution is 6.31. The molecule has 0 bridgehead atoms. The number of methoxy groups -OCH3 is 1. The van der Waals surface area contributed by atoms with Gasteiger partial charge in [-0.2, -0.15) is 0 Å². The predicted molar refractivity (Wildman–Crippen MR) is 490 cm³/mol. The number of pyridine rings is 4. The minimum absolute atomic E-state index is 0.161. The normalized spacial score (nSPS) is 24.7. The van der Waals surface area contributed by atoms with Crippen molar-refractivity contribution in [1.29, 1.82) is 0 Å². The monoisotopic (exact) mass is 1660 g/mol. The largest absolute Gasteiger partial charge is 0.495 e. The quantitative estimate of drug-likeness (QED) is 0.0536. The lowest BCUT2D eigenvalue weighted by molar-refractivity contribution is 0.231. The van der Waals surface area contributed by atoms with Gasteiger partial charge in [-0.05, 0) is 233 Å². The Balaban J connectivity index is 0.000000107. The molecule has 0 radical (unpaired) electrons. The second-order valence-corrected chi connectivity index (χ2v) is 36.3. The third-order valence-corrected chi connectivity index (χ3v) is 28.2. The molecule has 12 aromatic rings. The molecule has 7 N–H and O–H groups in total. The Hall–Kier alpha value is -9.67. The molecule has 1 saturated carbocycles. The number of para-hydroxylation sites is 4. The zero-order valence-electron chi connectivity index (χ0n) is 72.1. The van der Waals surface area contributed by atoms with Gasteiger partial charge in [0.15, 0.2) is 0 Å². The Kier molecular flexibility index (Phi) is 24.9. The SMILES string of the molecule is CN1CCN(c2cccc3nc([C@H]4CCC[C@@H](c5ncccc5Cl)N4)n(C)c23)CC1.COc1cccnc1[C@@H]1CCC[C@H](c2nc3c(N4CCN(C)CC4)cccc3[nH]2)N1.Cc1cccnc1[C@@H]1CCC[C@H](c2nc3c(N4CCN(C5CC5)CC4)cccc3[nH]2)N1.Cc1cccnc1[C@@H]1CCC[C@H](c2nc3c(N4CCN5CCCC5C4)cccc3[nH]2)N1. The summed E-state index contributed by atoms with van der Waals surface area (Å²) in [4.78, 5) is 69.9. The molecular weight excluding hydrogens is 1540 g/mol. The molecule has 10 aliphatic rings. The van der Waals surface area contributed by atoms with Crippen molar-refractivity contribution in [2.24, 2.45) is 7.05 Å². The molecular formula is C96H123ClN24O. The lowest BCUT2D eigenvalue weighted by atomic mass is 9.94. The van der Waals surface area contributed by atoms with Crippen molar-refractivity contribution in [3.63, 3.8) is 0 Å². The van der Waals surface area contributed by atoms with E-state index in [2.05, 4.69) is 220 Å². The number of benzene rings is 4. The summed E-state index contributed by atoms with van der Waals surface area (Å²) in [5.41, 5.74) is 21.0. The van der Waals surface area contributed by atoms with Gasteiger partial charge in [-0.3, -0.25) is 51.0 Å². The van der Waals surface area contributed by atoms with E-state index in [1.54, 1.807) is 7.11 Å². The number of piperazine rings is 4. The first-order valence-electron chi connectivity index (χ1n) is 45.6. The van der Waals surface area contributed by atoms with Gasteiger partial charge in [-0.15, -0.1) is 0 Å². The van der Waals surface area contributed by atoms with Crippen LogP contribution in [0, 0.1) is 13.8 Å². The fraction of sp³-hybridized carbons (Fsp3) is 0.500. The van der Waals surface area contributed by atoms with Crippen molar-refractivity contribution in [3.8, 4) is 5.75 Å². The van der Waals surface area contributed by atoms with Crippen molar-refractivity contribution >= 4 is 78.5 Å². The number of hydrogen-bond acceptors (Lipinski definition) is 21. The summed E-state index contributed by atoms with van der Waals surface area (Å²) in [5, 5.41) is 16.0. The summed E-state index contributed by atoms with van der Waals surface area (Å²) in [7, 11) is 8.24. The Morgan fingerprint density at radius 3 is 1.25 bits per heavy atom. The van der Waals surface area contributed by atoms with E-state index < -0.39 is 0 Å². The first-order valence-corrected chi connectivity index (χ1v) is 46.0. The fourth-order valence-electron chi connectivity index (χ4n) is 20.9. The van der Waals surface area contributed by atoms with Crippen molar-refractivity contribution in [1.82, 2.24) is 100 Å². The summed E-state index contributed by atoms with van der Waals surface area (Å²) in [6, 6.07) is 45.6.